The van der Waals surface area contributed by atoms with Gasteiger partial charge in [0.25, 0.3) is 0 Å². The van der Waals surface area contributed by atoms with Crippen LogP contribution in [0.4, 0.5) is 0 Å². The van der Waals surface area contributed by atoms with Crippen molar-refractivity contribution in [3.05, 3.63) is 0 Å². The highest BCUT2D eigenvalue weighted by Crippen LogP contribution is 2.60. The quantitative estimate of drug-likeness (QED) is 0.333. The standard InChI is InChI=1S/C23H39N3O3.HI/c1-2-24-22(25-20-19-9-15-28-21(19)23(20)10-3-4-11-23)26-12-7-17(8-13-26)29-16-18-6-5-14-27-18;/h17-21H,2-16H2,1H3,(H,24,25);1H. The summed E-state index contributed by atoms with van der Waals surface area (Å²) in [5.74, 6) is 1.81. The van der Waals surface area contributed by atoms with Crippen molar-refractivity contribution >= 4 is 29.9 Å². The second kappa shape index (κ2) is 10.2. The first-order valence-corrected chi connectivity index (χ1v) is 12.2. The van der Waals surface area contributed by atoms with Crippen LogP contribution >= 0.6 is 24.0 Å². The number of guanidine groups is 1. The fraction of sp³-hybridized carbons (Fsp3) is 0.957. The summed E-state index contributed by atoms with van der Waals surface area (Å²) >= 11 is 0. The normalized spacial score (nSPS) is 35.9. The van der Waals surface area contributed by atoms with Crippen LogP contribution in [0.2, 0.25) is 0 Å². The monoisotopic (exact) mass is 533 g/mol. The Morgan fingerprint density at radius 1 is 1.07 bits per heavy atom. The summed E-state index contributed by atoms with van der Waals surface area (Å²) in [5.41, 5.74) is 0.373. The van der Waals surface area contributed by atoms with Crippen molar-refractivity contribution in [2.45, 2.75) is 89.1 Å². The molecule has 3 aliphatic heterocycles. The van der Waals surface area contributed by atoms with Crippen LogP contribution in [-0.2, 0) is 14.2 Å². The second-order valence-corrected chi connectivity index (χ2v) is 9.76. The molecule has 2 aliphatic carbocycles. The Bertz CT molecular complexity index is 584. The van der Waals surface area contributed by atoms with Crippen molar-refractivity contribution in [1.29, 1.82) is 0 Å². The van der Waals surface area contributed by atoms with E-state index in [0.29, 0.717) is 35.7 Å². The van der Waals surface area contributed by atoms with Crippen molar-refractivity contribution in [2.24, 2.45) is 16.3 Å². The SMILES string of the molecule is CCN=C(NC1C2CCOC2C12CCCC2)N1CCC(OCC2CCCO2)CC1.I. The lowest BCUT2D eigenvalue weighted by molar-refractivity contribution is -0.125. The number of hydrogen-bond acceptors (Lipinski definition) is 4. The van der Waals surface area contributed by atoms with Crippen molar-refractivity contribution in [3.8, 4) is 0 Å². The van der Waals surface area contributed by atoms with E-state index in [1.807, 2.05) is 0 Å². The molecular formula is C23H40IN3O3. The molecule has 7 heteroatoms. The molecule has 2 saturated carbocycles. The lowest BCUT2D eigenvalue weighted by Gasteiger charge is -2.57. The fourth-order valence-electron chi connectivity index (χ4n) is 6.68. The number of aliphatic imine (C=N–C) groups is 1. The van der Waals surface area contributed by atoms with Gasteiger partial charge in [0.1, 0.15) is 0 Å². The number of hydrogen-bond donors (Lipinski definition) is 1. The number of halogens is 1. The van der Waals surface area contributed by atoms with E-state index >= 15 is 0 Å². The summed E-state index contributed by atoms with van der Waals surface area (Å²) in [6, 6.07) is 0.552. The number of piperidine rings is 1. The second-order valence-electron chi connectivity index (χ2n) is 9.76. The molecule has 3 heterocycles. The first-order chi connectivity index (χ1) is 14.3. The first kappa shape index (κ1) is 23.1. The van der Waals surface area contributed by atoms with E-state index in [9.17, 15) is 0 Å². The summed E-state index contributed by atoms with van der Waals surface area (Å²) in [6.07, 6.45) is 12.3. The van der Waals surface area contributed by atoms with Gasteiger partial charge >= 0.3 is 0 Å². The van der Waals surface area contributed by atoms with Gasteiger partial charge in [0.05, 0.1) is 24.9 Å². The van der Waals surface area contributed by atoms with E-state index in [4.69, 9.17) is 19.2 Å². The minimum absolute atomic E-state index is 0. The topological polar surface area (TPSA) is 55.3 Å². The van der Waals surface area contributed by atoms with Crippen molar-refractivity contribution < 1.29 is 14.2 Å². The van der Waals surface area contributed by atoms with Crippen LogP contribution in [0.25, 0.3) is 0 Å². The van der Waals surface area contributed by atoms with E-state index in [1.165, 1.54) is 38.5 Å². The summed E-state index contributed by atoms with van der Waals surface area (Å²) in [6.45, 7) is 7.67. The Morgan fingerprint density at radius 3 is 2.57 bits per heavy atom. The lowest BCUT2D eigenvalue weighted by Crippen LogP contribution is -2.69. The lowest BCUT2D eigenvalue weighted by atomic mass is 9.54. The van der Waals surface area contributed by atoms with Gasteiger partial charge in [-0.1, -0.05) is 12.8 Å². The summed E-state index contributed by atoms with van der Waals surface area (Å²) in [5, 5.41) is 3.95. The van der Waals surface area contributed by atoms with Crippen LogP contribution in [0.15, 0.2) is 4.99 Å². The molecule has 5 aliphatic rings. The molecule has 30 heavy (non-hydrogen) atoms. The zero-order chi connectivity index (χ0) is 19.7. The van der Waals surface area contributed by atoms with Crippen molar-refractivity contribution in [2.75, 3.05) is 39.5 Å². The Kier molecular flexibility index (Phi) is 7.85. The van der Waals surface area contributed by atoms with Gasteiger partial charge in [0, 0.05) is 50.2 Å². The molecule has 0 aromatic rings. The van der Waals surface area contributed by atoms with Gasteiger partial charge in [-0.25, -0.2) is 0 Å². The molecule has 4 unspecified atom stereocenters. The maximum absolute atomic E-state index is 6.17. The van der Waals surface area contributed by atoms with Crippen LogP contribution in [0.5, 0.6) is 0 Å². The third kappa shape index (κ3) is 4.37. The van der Waals surface area contributed by atoms with Gasteiger partial charge in [-0.05, 0) is 51.9 Å². The van der Waals surface area contributed by atoms with Crippen LogP contribution < -0.4 is 5.32 Å². The molecule has 1 N–H and O–H groups in total. The summed E-state index contributed by atoms with van der Waals surface area (Å²) in [7, 11) is 0. The number of ether oxygens (including phenoxy) is 3. The molecule has 0 radical (unpaired) electrons. The molecular weight excluding hydrogens is 493 g/mol. The van der Waals surface area contributed by atoms with Gasteiger partial charge in [-0.2, -0.15) is 0 Å². The molecule has 0 aromatic heterocycles. The number of nitrogens with one attached hydrogen (secondary N) is 1. The highest BCUT2D eigenvalue weighted by Gasteiger charge is 2.65. The predicted molar refractivity (Wildman–Crippen MR) is 129 cm³/mol. The molecule has 172 valence electrons. The molecule has 0 aromatic carbocycles. The van der Waals surface area contributed by atoms with Crippen LogP contribution in [0.3, 0.4) is 0 Å². The summed E-state index contributed by atoms with van der Waals surface area (Å²) < 4.78 is 18.0. The number of rotatable bonds is 5. The minimum Gasteiger partial charge on any atom is -0.377 e. The largest absolute Gasteiger partial charge is 0.377 e. The fourth-order valence-corrected chi connectivity index (χ4v) is 6.68. The van der Waals surface area contributed by atoms with Gasteiger partial charge in [-0.15, -0.1) is 24.0 Å². The maximum atomic E-state index is 6.17. The van der Waals surface area contributed by atoms with E-state index in [2.05, 4.69) is 17.1 Å². The molecule has 1 spiro atoms. The predicted octanol–water partition coefficient (Wildman–Crippen LogP) is 3.58. The molecule has 5 rings (SSSR count). The Labute approximate surface area is 198 Å². The van der Waals surface area contributed by atoms with E-state index in [-0.39, 0.29) is 24.0 Å². The summed E-state index contributed by atoms with van der Waals surface area (Å²) in [4.78, 5) is 7.38. The Hall–Kier alpha value is -0.120. The number of likely N-dealkylation sites (tertiary alicyclic amines) is 1. The Balaban J connectivity index is 0.00000218. The maximum Gasteiger partial charge on any atom is 0.194 e. The zero-order valence-corrected chi connectivity index (χ0v) is 20.9. The van der Waals surface area contributed by atoms with Gasteiger partial charge in [-0.3, -0.25) is 4.99 Å². The van der Waals surface area contributed by atoms with E-state index in [1.54, 1.807) is 0 Å². The first-order valence-electron chi connectivity index (χ1n) is 12.2. The highest BCUT2D eigenvalue weighted by atomic mass is 127. The van der Waals surface area contributed by atoms with Crippen molar-refractivity contribution in [3.63, 3.8) is 0 Å². The zero-order valence-electron chi connectivity index (χ0n) is 18.5. The number of fused-ring (bicyclic) bond motifs is 2. The molecule has 6 nitrogen and oxygen atoms in total. The minimum atomic E-state index is 0. The average Bonchev–Trinajstić information content (AvgIpc) is 3.51. The average molecular weight is 533 g/mol. The molecule has 5 fully saturated rings. The highest BCUT2D eigenvalue weighted by molar-refractivity contribution is 14.0. The van der Waals surface area contributed by atoms with Crippen molar-refractivity contribution in [1.82, 2.24) is 10.2 Å². The van der Waals surface area contributed by atoms with E-state index < -0.39 is 0 Å². The van der Waals surface area contributed by atoms with Crippen LogP contribution in [0.1, 0.15) is 64.7 Å². The molecule has 0 amide bonds. The molecule has 4 atom stereocenters. The smallest absolute Gasteiger partial charge is 0.194 e. The molecule has 0 bridgehead atoms. The van der Waals surface area contributed by atoms with Crippen LogP contribution in [0, 0.1) is 11.3 Å². The number of nitrogens with zero attached hydrogens (tertiary/aromatic N) is 2. The van der Waals surface area contributed by atoms with Crippen LogP contribution in [-0.4, -0.2) is 74.7 Å². The Morgan fingerprint density at radius 2 is 1.87 bits per heavy atom. The van der Waals surface area contributed by atoms with Gasteiger partial charge in [0.15, 0.2) is 5.96 Å². The third-order valence-electron chi connectivity index (χ3n) is 8.16. The van der Waals surface area contributed by atoms with Gasteiger partial charge < -0.3 is 24.4 Å². The third-order valence-corrected chi connectivity index (χ3v) is 8.16. The van der Waals surface area contributed by atoms with Gasteiger partial charge in [0.2, 0.25) is 0 Å². The molecule has 3 saturated heterocycles. The van der Waals surface area contributed by atoms with E-state index in [0.717, 1.165) is 64.7 Å².